The van der Waals surface area contributed by atoms with E-state index in [9.17, 15) is 4.79 Å². The van der Waals surface area contributed by atoms with Crippen LogP contribution in [0.25, 0.3) is 11.5 Å². The molecule has 0 aliphatic rings. The van der Waals surface area contributed by atoms with Gasteiger partial charge in [-0.1, -0.05) is 18.2 Å². The molecule has 0 fully saturated rings. The van der Waals surface area contributed by atoms with Gasteiger partial charge in [0, 0.05) is 12.1 Å². The molecule has 0 aliphatic carbocycles. The summed E-state index contributed by atoms with van der Waals surface area (Å²) in [5.41, 5.74) is 2.06. The molecule has 0 amide bonds. The number of benzene rings is 1. The molecule has 0 unspecified atom stereocenters. The highest BCUT2D eigenvalue weighted by Gasteiger charge is 2.15. The molecule has 0 saturated carbocycles. The maximum atomic E-state index is 11.7. The van der Waals surface area contributed by atoms with Crippen molar-refractivity contribution in [3.63, 3.8) is 0 Å². The number of nitrogens with zero attached hydrogens (tertiary/aromatic N) is 2. The molecule has 160 valence electrons. The number of hydrogen-bond acceptors (Lipinski definition) is 6. The zero-order valence-corrected chi connectivity index (χ0v) is 19.4. The largest absolute Gasteiger partial charge is 0.465 e. The number of methoxy groups -OCH3 is 1. The van der Waals surface area contributed by atoms with Crippen LogP contribution in [0.5, 0.6) is 0 Å². The fourth-order valence-corrected chi connectivity index (χ4v) is 2.71. The maximum Gasteiger partial charge on any atom is 0.341 e. The number of oxazole rings is 1. The van der Waals surface area contributed by atoms with Gasteiger partial charge in [0.15, 0.2) is 5.96 Å². The molecule has 2 heterocycles. The van der Waals surface area contributed by atoms with Gasteiger partial charge in [-0.15, -0.1) is 24.0 Å². The van der Waals surface area contributed by atoms with E-state index in [-0.39, 0.29) is 24.0 Å². The summed E-state index contributed by atoms with van der Waals surface area (Å²) in [5, 5.41) is 6.34. The molecule has 9 heteroatoms. The molecular weight excluding hydrogens is 499 g/mol. The summed E-state index contributed by atoms with van der Waals surface area (Å²) in [7, 11) is 1.34. The van der Waals surface area contributed by atoms with Crippen LogP contribution < -0.4 is 10.6 Å². The molecule has 3 aromatic rings. The minimum atomic E-state index is -0.418. The van der Waals surface area contributed by atoms with Crippen LogP contribution in [-0.4, -0.2) is 30.6 Å². The highest BCUT2D eigenvalue weighted by molar-refractivity contribution is 14.0. The summed E-state index contributed by atoms with van der Waals surface area (Å²) >= 11 is 0. The average molecular weight is 524 g/mol. The highest BCUT2D eigenvalue weighted by Crippen LogP contribution is 2.18. The quantitative estimate of drug-likeness (QED) is 0.209. The highest BCUT2D eigenvalue weighted by atomic mass is 127. The first-order valence-electron chi connectivity index (χ1n) is 9.30. The lowest BCUT2D eigenvalue weighted by atomic mass is 10.2. The van der Waals surface area contributed by atoms with Crippen molar-refractivity contribution in [1.82, 2.24) is 15.6 Å². The van der Waals surface area contributed by atoms with Crippen molar-refractivity contribution >= 4 is 35.9 Å². The molecule has 2 aromatic heterocycles. The number of aromatic nitrogens is 1. The van der Waals surface area contributed by atoms with E-state index in [4.69, 9.17) is 13.6 Å². The van der Waals surface area contributed by atoms with Gasteiger partial charge in [0.1, 0.15) is 29.0 Å². The van der Waals surface area contributed by atoms with E-state index in [2.05, 4.69) is 20.6 Å². The fourth-order valence-electron chi connectivity index (χ4n) is 2.71. The van der Waals surface area contributed by atoms with Crippen molar-refractivity contribution < 1.29 is 18.4 Å². The molecule has 30 heavy (non-hydrogen) atoms. The third-order valence-electron chi connectivity index (χ3n) is 4.12. The molecule has 0 radical (unpaired) electrons. The predicted molar refractivity (Wildman–Crippen MR) is 124 cm³/mol. The normalized spacial score (nSPS) is 11.0. The lowest BCUT2D eigenvalue weighted by Crippen LogP contribution is -2.36. The number of ether oxygens (including phenoxy) is 1. The second-order valence-electron chi connectivity index (χ2n) is 6.23. The van der Waals surface area contributed by atoms with Crippen molar-refractivity contribution in [3.05, 3.63) is 65.4 Å². The van der Waals surface area contributed by atoms with E-state index < -0.39 is 5.97 Å². The summed E-state index contributed by atoms with van der Waals surface area (Å²) in [6, 6.07) is 11.4. The Bertz CT molecular complexity index is 982. The van der Waals surface area contributed by atoms with Gasteiger partial charge in [-0.3, -0.25) is 0 Å². The van der Waals surface area contributed by atoms with Crippen molar-refractivity contribution in [3.8, 4) is 11.5 Å². The Kier molecular flexibility index (Phi) is 8.90. The van der Waals surface area contributed by atoms with Crippen LogP contribution in [0.15, 0.2) is 56.5 Å². The Balaban J connectivity index is 0.00000320. The molecule has 1 aromatic carbocycles. The number of rotatable bonds is 7. The molecule has 0 aliphatic heterocycles. The fraction of sp³-hybridized carbons (Fsp3) is 0.286. The van der Waals surface area contributed by atoms with Crippen LogP contribution in [-0.2, 0) is 17.8 Å². The van der Waals surface area contributed by atoms with Gasteiger partial charge in [0.05, 0.1) is 20.2 Å². The second kappa shape index (κ2) is 11.4. The van der Waals surface area contributed by atoms with E-state index in [1.54, 1.807) is 19.3 Å². The number of guanidine groups is 1. The summed E-state index contributed by atoms with van der Waals surface area (Å²) in [4.78, 5) is 20.7. The lowest BCUT2D eigenvalue weighted by molar-refractivity contribution is 0.0599. The number of esters is 1. The van der Waals surface area contributed by atoms with Crippen LogP contribution in [0, 0.1) is 6.92 Å². The minimum absolute atomic E-state index is 0. The van der Waals surface area contributed by atoms with E-state index >= 15 is 0 Å². The molecule has 0 saturated heterocycles. The zero-order valence-electron chi connectivity index (χ0n) is 17.1. The topological polar surface area (TPSA) is 102 Å². The Morgan fingerprint density at radius 1 is 1.23 bits per heavy atom. The van der Waals surface area contributed by atoms with Crippen molar-refractivity contribution in [2.24, 2.45) is 4.99 Å². The number of carbonyl (C=O) groups is 1. The Labute approximate surface area is 192 Å². The van der Waals surface area contributed by atoms with Gasteiger partial charge in [-0.05, 0) is 32.0 Å². The summed E-state index contributed by atoms with van der Waals surface area (Å²) < 4.78 is 15.9. The molecule has 3 rings (SSSR count). The van der Waals surface area contributed by atoms with Crippen molar-refractivity contribution in [2.75, 3.05) is 13.7 Å². The van der Waals surface area contributed by atoms with E-state index in [0.29, 0.717) is 48.6 Å². The smallest absolute Gasteiger partial charge is 0.341 e. The van der Waals surface area contributed by atoms with Crippen molar-refractivity contribution in [1.29, 1.82) is 0 Å². The van der Waals surface area contributed by atoms with Crippen LogP contribution in [0.1, 0.15) is 34.5 Å². The standard InChI is InChI=1S/C21H24N4O4.HI/c1-4-22-21(24-12-17-10-18(14(2)29-17)20(26)27-3)23-11-16-13-28-19(25-16)15-8-6-5-7-9-15;/h5-10,13H,4,11-12H2,1-3H3,(H2,22,23,24);1H. The van der Waals surface area contributed by atoms with Gasteiger partial charge in [-0.25, -0.2) is 14.8 Å². The van der Waals surface area contributed by atoms with Gasteiger partial charge in [-0.2, -0.15) is 0 Å². The number of carbonyl (C=O) groups excluding carboxylic acids is 1. The summed E-state index contributed by atoms with van der Waals surface area (Å²) in [6.45, 7) is 5.13. The molecule has 2 N–H and O–H groups in total. The first-order valence-corrected chi connectivity index (χ1v) is 9.30. The van der Waals surface area contributed by atoms with Gasteiger partial charge in [0.2, 0.25) is 5.89 Å². The first kappa shape index (κ1) is 23.5. The lowest BCUT2D eigenvalue weighted by Gasteiger charge is -2.09. The van der Waals surface area contributed by atoms with E-state index in [1.165, 1.54) is 7.11 Å². The molecule has 8 nitrogen and oxygen atoms in total. The van der Waals surface area contributed by atoms with Crippen LogP contribution in [0.4, 0.5) is 0 Å². The second-order valence-corrected chi connectivity index (χ2v) is 6.23. The summed E-state index contributed by atoms with van der Waals surface area (Å²) in [5.74, 6) is 1.88. The van der Waals surface area contributed by atoms with Crippen LogP contribution in [0.3, 0.4) is 0 Å². The number of aliphatic imine (C=N–C) groups is 1. The maximum absolute atomic E-state index is 11.7. The summed E-state index contributed by atoms with van der Waals surface area (Å²) in [6.07, 6.45) is 1.61. The molecular formula is C21H25IN4O4. The third-order valence-corrected chi connectivity index (χ3v) is 4.12. The van der Waals surface area contributed by atoms with E-state index in [0.717, 1.165) is 11.3 Å². The minimum Gasteiger partial charge on any atom is -0.465 e. The third kappa shape index (κ3) is 6.09. The van der Waals surface area contributed by atoms with Crippen LogP contribution in [0.2, 0.25) is 0 Å². The number of furan rings is 1. The number of nitrogens with one attached hydrogen (secondary N) is 2. The Hall–Kier alpha value is -2.82. The first-order chi connectivity index (χ1) is 14.1. The van der Waals surface area contributed by atoms with Crippen molar-refractivity contribution in [2.45, 2.75) is 26.9 Å². The monoisotopic (exact) mass is 524 g/mol. The van der Waals surface area contributed by atoms with Gasteiger partial charge >= 0.3 is 5.97 Å². The molecule has 0 bridgehead atoms. The number of halogens is 1. The zero-order chi connectivity index (χ0) is 20.6. The number of hydrogen-bond donors (Lipinski definition) is 2. The van der Waals surface area contributed by atoms with E-state index in [1.807, 2.05) is 37.3 Å². The Morgan fingerprint density at radius 2 is 2.00 bits per heavy atom. The predicted octanol–water partition coefficient (Wildman–Crippen LogP) is 3.90. The van der Waals surface area contributed by atoms with Crippen LogP contribution >= 0.6 is 24.0 Å². The van der Waals surface area contributed by atoms with Gasteiger partial charge < -0.3 is 24.2 Å². The Morgan fingerprint density at radius 3 is 2.70 bits per heavy atom. The molecule has 0 spiro atoms. The average Bonchev–Trinajstić information content (AvgIpc) is 3.37. The molecule has 0 atom stereocenters. The SMILES string of the molecule is CCNC(=NCc1coc(-c2ccccc2)n1)NCc1cc(C(=O)OC)c(C)o1.I. The number of aryl methyl sites for hydroxylation is 1. The van der Waals surface area contributed by atoms with Gasteiger partial charge in [0.25, 0.3) is 0 Å².